The van der Waals surface area contributed by atoms with E-state index in [9.17, 15) is 36.0 Å². The molecule has 46 heavy (non-hydrogen) atoms. The molecular weight excluding hydrogens is 651 g/mol. The van der Waals surface area contributed by atoms with Crippen LogP contribution in [0.15, 0.2) is 42.5 Å². The minimum absolute atomic E-state index is 0.0269. The van der Waals surface area contributed by atoms with Crippen LogP contribution in [0.3, 0.4) is 0 Å². The fourth-order valence-corrected chi connectivity index (χ4v) is 9.22. The van der Waals surface area contributed by atoms with Crippen molar-refractivity contribution < 1.29 is 40.7 Å². The molecule has 0 saturated carbocycles. The second-order valence-corrected chi connectivity index (χ2v) is 14.3. The minimum atomic E-state index is -5.31. The number of esters is 1. The topological polar surface area (TPSA) is 137 Å². The summed E-state index contributed by atoms with van der Waals surface area (Å²) in [6.45, 7) is 1.55. The van der Waals surface area contributed by atoms with Gasteiger partial charge >= 0.3 is 12.1 Å². The van der Waals surface area contributed by atoms with Gasteiger partial charge in [-0.2, -0.15) is 30.2 Å². The highest BCUT2D eigenvalue weighted by molar-refractivity contribution is 7.86. The van der Waals surface area contributed by atoms with Gasteiger partial charge in [0.2, 0.25) is 6.10 Å². The number of carbonyl (C=O) groups is 3. The third kappa shape index (κ3) is 6.61. The number of hydrogen-bond acceptors (Lipinski definition) is 7. The summed E-state index contributed by atoms with van der Waals surface area (Å²) >= 11 is 6.30. The summed E-state index contributed by atoms with van der Waals surface area (Å²) in [5.74, 6) is -4.18. The fourth-order valence-electron chi connectivity index (χ4n) is 6.89. The van der Waals surface area contributed by atoms with Crippen molar-refractivity contribution in [2.75, 3.05) is 18.4 Å². The maximum atomic E-state index is 13.8. The Hall–Kier alpha value is -3.24. The number of carbonyl (C=O) groups excluding carboxylic acids is 3. The molecule has 4 heterocycles. The number of halogens is 4. The molecule has 0 aromatic heterocycles. The van der Waals surface area contributed by atoms with Crippen molar-refractivity contribution in [3.63, 3.8) is 0 Å². The molecule has 0 radical (unpaired) electrons. The molecule has 2 aromatic carbocycles. The van der Waals surface area contributed by atoms with Crippen molar-refractivity contribution in [1.82, 2.24) is 19.2 Å². The Labute approximate surface area is 268 Å². The second-order valence-electron chi connectivity index (χ2n) is 12.1. The van der Waals surface area contributed by atoms with Crippen LogP contribution in [0, 0.1) is 0 Å². The Morgan fingerprint density at radius 1 is 1.00 bits per heavy atom. The molecule has 4 aliphatic heterocycles. The lowest BCUT2D eigenvalue weighted by Crippen LogP contribution is -2.57. The maximum absolute atomic E-state index is 13.8. The number of benzene rings is 2. The molecule has 2 unspecified atom stereocenters. The Bertz CT molecular complexity index is 1610. The lowest BCUT2D eigenvalue weighted by molar-refractivity contribution is -0.205. The largest absolute Gasteiger partial charge is 0.490 e. The van der Waals surface area contributed by atoms with Gasteiger partial charge in [-0.05, 0) is 56.2 Å². The standard InChI is InChI=1S/C30H33ClF3N5O6S/c31-24-15-25-23(26(28(41)37-25)45-29(42)30(32,33)34)14-22(24)27(40)36-19-12-20-6-7-21(13-19)39(20)46(43,44)38-10-8-18(9-11-38)35-16-17-4-2-1-3-5-17/h1-5,14-15,18-21,26,35H,6-13,16H2,(H,36,40)(H,37,41)/t19?,20-,21+,26?. The van der Waals surface area contributed by atoms with E-state index in [4.69, 9.17) is 11.6 Å². The normalized spacial score (nSPS) is 25.6. The molecule has 11 nitrogen and oxygen atoms in total. The first kappa shape index (κ1) is 32.7. The average molecular weight is 684 g/mol. The number of alkyl halides is 3. The number of fused-ring (bicyclic) bond motifs is 3. The lowest BCUT2D eigenvalue weighted by atomic mass is 9.99. The molecule has 3 saturated heterocycles. The summed E-state index contributed by atoms with van der Waals surface area (Å²) in [5, 5.41) is 8.64. The van der Waals surface area contributed by atoms with E-state index in [1.807, 2.05) is 30.3 Å². The van der Waals surface area contributed by atoms with Gasteiger partial charge in [0.05, 0.1) is 10.6 Å². The monoisotopic (exact) mass is 683 g/mol. The molecule has 248 valence electrons. The zero-order chi connectivity index (χ0) is 32.8. The Balaban J connectivity index is 1.07. The molecule has 2 aromatic rings. The van der Waals surface area contributed by atoms with Crippen LogP contribution < -0.4 is 16.0 Å². The van der Waals surface area contributed by atoms with Gasteiger partial charge in [0.15, 0.2) is 0 Å². The number of nitrogens with one attached hydrogen (secondary N) is 3. The van der Waals surface area contributed by atoms with E-state index in [-0.39, 0.29) is 46.0 Å². The molecule has 0 spiro atoms. The van der Waals surface area contributed by atoms with Crippen LogP contribution in [0.5, 0.6) is 0 Å². The third-order valence-electron chi connectivity index (χ3n) is 9.10. The van der Waals surface area contributed by atoms with Crippen LogP contribution in [0.1, 0.15) is 66.1 Å². The minimum Gasteiger partial charge on any atom is -0.441 e. The van der Waals surface area contributed by atoms with E-state index < -0.39 is 40.3 Å². The molecule has 2 amide bonds. The van der Waals surface area contributed by atoms with Crippen LogP contribution in [-0.4, -0.2) is 78.2 Å². The average Bonchev–Trinajstić information content (AvgIpc) is 3.47. The fraction of sp³-hybridized carbons (Fsp3) is 0.500. The summed E-state index contributed by atoms with van der Waals surface area (Å²) in [7, 11) is -3.72. The second kappa shape index (κ2) is 12.8. The van der Waals surface area contributed by atoms with Crippen LogP contribution in [0.25, 0.3) is 0 Å². The summed E-state index contributed by atoms with van der Waals surface area (Å²) in [6, 6.07) is 11.6. The van der Waals surface area contributed by atoms with Gasteiger partial charge in [-0.3, -0.25) is 9.59 Å². The number of amides is 2. The summed E-state index contributed by atoms with van der Waals surface area (Å²) < 4.78 is 73.4. The number of ether oxygens (including phenoxy) is 1. The summed E-state index contributed by atoms with van der Waals surface area (Å²) in [6.07, 6.45) is -3.74. The molecule has 3 N–H and O–H groups in total. The Kier molecular flexibility index (Phi) is 9.06. The van der Waals surface area contributed by atoms with Gasteiger partial charge in [-0.15, -0.1) is 0 Å². The zero-order valence-corrected chi connectivity index (χ0v) is 26.1. The first-order valence-corrected chi connectivity index (χ1v) is 16.9. The highest BCUT2D eigenvalue weighted by Crippen LogP contribution is 2.41. The third-order valence-corrected chi connectivity index (χ3v) is 11.6. The molecule has 4 atom stereocenters. The summed E-state index contributed by atoms with van der Waals surface area (Å²) in [5.41, 5.74) is 0.956. The highest BCUT2D eigenvalue weighted by atomic mass is 35.5. The molecule has 6 rings (SSSR count). The Morgan fingerprint density at radius 3 is 2.28 bits per heavy atom. The number of rotatable bonds is 8. The predicted octanol–water partition coefficient (Wildman–Crippen LogP) is 3.66. The van der Waals surface area contributed by atoms with Crippen molar-refractivity contribution in [1.29, 1.82) is 0 Å². The van der Waals surface area contributed by atoms with Crippen molar-refractivity contribution in [3.8, 4) is 0 Å². The zero-order valence-electron chi connectivity index (χ0n) is 24.6. The van der Waals surface area contributed by atoms with Crippen molar-refractivity contribution in [2.24, 2.45) is 0 Å². The quantitative estimate of drug-likeness (QED) is 0.361. The molecular formula is C30H33ClF3N5O6S. The summed E-state index contributed by atoms with van der Waals surface area (Å²) in [4.78, 5) is 36.9. The van der Waals surface area contributed by atoms with Gasteiger partial charge in [0, 0.05) is 55.1 Å². The van der Waals surface area contributed by atoms with Gasteiger partial charge in [-0.1, -0.05) is 41.9 Å². The maximum Gasteiger partial charge on any atom is 0.490 e. The van der Waals surface area contributed by atoms with Gasteiger partial charge in [-0.25, -0.2) is 4.79 Å². The van der Waals surface area contributed by atoms with Gasteiger partial charge < -0.3 is 20.7 Å². The molecule has 0 aliphatic carbocycles. The van der Waals surface area contributed by atoms with E-state index in [1.54, 1.807) is 8.61 Å². The van der Waals surface area contributed by atoms with Crippen molar-refractivity contribution >= 4 is 45.3 Å². The molecule has 4 aliphatic rings. The van der Waals surface area contributed by atoms with E-state index in [1.165, 1.54) is 11.6 Å². The van der Waals surface area contributed by atoms with Gasteiger partial charge in [0.25, 0.3) is 22.0 Å². The molecule has 3 fully saturated rings. The van der Waals surface area contributed by atoms with Crippen LogP contribution in [0.2, 0.25) is 5.02 Å². The van der Waals surface area contributed by atoms with E-state index in [0.29, 0.717) is 51.6 Å². The van der Waals surface area contributed by atoms with E-state index in [0.717, 1.165) is 12.6 Å². The lowest BCUT2D eigenvalue weighted by Gasteiger charge is -2.42. The van der Waals surface area contributed by atoms with Gasteiger partial charge in [0.1, 0.15) is 0 Å². The molecule has 16 heteroatoms. The van der Waals surface area contributed by atoms with E-state index >= 15 is 0 Å². The first-order chi connectivity index (χ1) is 21.8. The Morgan fingerprint density at radius 2 is 1.65 bits per heavy atom. The number of nitrogens with zero attached hydrogens (tertiary/aromatic N) is 2. The number of anilines is 1. The van der Waals surface area contributed by atoms with Crippen molar-refractivity contribution in [3.05, 3.63) is 64.2 Å². The SMILES string of the molecule is O=C(NC1C[C@H]2CC[C@@H](C1)N2S(=O)(=O)N1CCC(NCc2ccccc2)CC1)c1cc2c(cc1Cl)NC(=O)C2OC(=O)C(F)(F)F. The predicted molar refractivity (Wildman–Crippen MR) is 161 cm³/mol. The number of hydrogen-bond donors (Lipinski definition) is 3. The van der Waals surface area contributed by atoms with Crippen molar-refractivity contribution in [2.45, 2.75) is 81.5 Å². The van der Waals surface area contributed by atoms with Crippen LogP contribution in [0.4, 0.5) is 18.9 Å². The highest BCUT2D eigenvalue weighted by Gasteiger charge is 2.50. The first-order valence-electron chi connectivity index (χ1n) is 15.1. The molecule has 2 bridgehead atoms. The smallest absolute Gasteiger partial charge is 0.441 e. The van der Waals surface area contributed by atoms with E-state index in [2.05, 4.69) is 20.7 Å². The van der Waals surface area contributed by atoms with Crippen LogP contribution in [-0.2, 0) is 31.1 Å². The van der Waals surface area contributed by atoms with Crippen LogP contribution >= 0.6 is 11.6 Å². The number of piperidine rings is 2.